The summed E-state index contributed by atoms with van der Waals surface area (Å²) in [5.41, 5.74) is 4.36. The second-order valence-electron chi connectivity index (χ2n) is 10.6. The van der Waals surface area contributed by atoms with Gasteiger partial charge in [-0.25, -0.2) is 19.7 Å². The number of rotatable bonds is 8. The Morgan fingerprint density at radius 1 is 0.977 bits per heavy atom. The van der Waals surface area contributed by atoms with Gasteiger partial charge >= 0.3 is 12.0 Å². The minimum absolute atomic E-state index is 0.302. The zero-order valence-corrected chi connectivity index (χ0v) is 24.5. The van der Waals surface area contributed by atoms with Gasteiger partial charge in [-0.3, -0.25) is 15.1 Å². The third kappa shape index (κ3) is 6.02. The van der Waals surface area contributed by atoms with Crippen molar-refractivity contribution in [2.24, 2.45) is 5.41 Å². The lowest BCUT2D eigenvalue weighted by molar-refractivity contribution is -0.150. The van der Waals surface area contributed by atoms with Crippen molar-refractivity contribution >= 4 is 44.6 Å². The maximum absolute atomic E-state index is 12.3. The summed E-state index contributed by atoms with van der Waals surface area (Å²) in [7, 11) is 0. The summed E-state index contributed by atoms with van der Waals surface area (Å²) in [6.07, 6.45) is 6.86. The van der Waals surface area contributed by atoms with Crippen molar-refractivity contribution in [3.8, 4) is 22.4 Å². The van der Waals surface area contributed by atoms with E-state index in [0.29, 0.717) is 50.0 Å². The van der Waals surface area contributed by atoms with Gasteiger partial charge in [-0.2, -0.15) is 0 Å². The molecule has 11 heteroatoms. The van der Waals surface area contributed by atoms with Gasteiger partial charge in [0, 0.05) is 49.4 Å². The molecule has 2 amide bonds. The molecule has 3 aromatic heterocycles. The van der Waals surface area contributed by atoms with Crippen molar-refractivity contribution in [2.75, 3.05) is 29.9 Å². The van der Waals surface area contributed by atoms with Crippen LogP contribution in [0.5, 0.6) is 0 Å². The van der Waals surface area contributed by atoms with E-state index < -0.39 is 11.4 Å². The third-order valence-corrected chi connectivity index (χ3v) is 8.82. The molecule has 0 unspecified atom stereocenters. The molecule has 0 spiro atoms. The number of anilines is 2. The SMILES string of the molecule is CCNC(=O)Nc1nc2cc(-c3cnc(N4CCC(Cc5ccccc5)(C(=O)O)CC4)nc3)cc(-c3ccccn3)c2s1. The number of carboxylic acid groups (broad SMARTS) is 1. The number of carboxylic acids is 1. The molecule has 43 heavy (non-hydrogen) atoms. The first-order valence-corrected chi connectivity index (χ1v) is 15.0. The molecule has 218 valence electrons. The Balaban J connectivity index is 1.25. The standard InChI is InChI=1S/C32H31N7O3S/c1-2-33-30(42)38-31-37-26-17-22(16-24(27(26)43-31)25-10-6-7-13-34-25)23-19-35-29(36-20-23)39-14-11-32(12-15-39,28(40)41)18-21-8-4-3-5-9-21/h3-10,13,16-17,19-20H,2,11-12,14-15,18H2,1H3,(H,40,41)(H2,33,37,38,42). The molecule has 0 radical (unpaired) electrons. The topological polar surface area (TPSA) is 133 Å². The molecule has 1 aliphatic rings. The molecule has 5 aromatic rings. The second-order valence-corrected chi connectivity index (χ2v) is 11.6. The van der Waals surface area contributed by atoms with Crippen molar-refractivity contribution in [3.05, 3.63) is 84.8 Å². The van der Waals surface area contributed by atoms with E-state index in [1.54, 1.807) is 18.6 Å². The van der Waals surface area contributed by atoms with Crippen LogP contribution < -0.4 is 15.5 Å². The molecule has 0 bridgehead atoms. The molecule has 6 rings (SSSR count). The van der Waals surface area contributed by atoms with Gasteiger partial charge < -0.3 is 15.3 Å². The number of urea groups is 1. The number of fused-ring (bicyclic) bond motifs is 1. The van der Waals surface area contributed by atoms with E-state index in [4.69, 9.17) is 0 Å². The Morgan fingerprint density at radius 2 is 1.72 bits per heavy atom. The lowest BCUT2D eigenvalue weighted by atomic mass is 9.74. The van der Waals surface area contributed by atoms with Gasteiger partial charge in [-0.1, -0.05) is 47.7 Å². The van der Waals surface area contributed by atoms with Crippen LogP contribution in [0.2, 0.25) is 0 Å². The molecule has 0 atom stereocenters. The average Bonchev–Trinajstić information content (AvgIpc) is 3.44. The minimum atomic E-state index is -0.798. The third-order valence-electron chi connectivity index (χ3n) is 7.80. The monoisotopic (exact) mass is 593 g/mol. The number of pyridine rings is 1. The Hall–Kier alpha value is -4.90. The van der Waals surface area contributed by atoms with Crippen LogP contribution >= 0.6 is 11.3 Å². The number of aromatic nitrogens is 4. The van der Waals surface area contributed by atoms with E-state index in [2.05, 4.69) is 35.5 Å². The van der Waals surface area contributed by atoms with Crippen LogP contribution in [0.15, 0.2) is 79.3 Å². The first kappa shape index (κ1) is 28.2. The molecule has 0 saturated carbocycles. The second kappa shape index (κ2) is 12.1. The van der Waals surface area contributed by atoms with Crippen LogP contribution in [0.25, 0.3) is 32.6 Å². The predicted octanol–water partition coefficient (Wildman–Crippen LogP) is 5.87. The fourth-order valence-corrected chi connectivity index (χ4v) is 6.45. The summed E-state index contributed by atoms with van der Waals surface area (Å²) in [6, 6.07) is 19.3. The zero-order chi connectivity index (χ0) is 29.8. The van der Waals surface area contributed by atoms with E-state index >= 15 is 0 Å². The van der Waals surface area contributed by atoms with Crippen LogP contribution in [-0.4, -0.2) is 56.7 Å². The normalized spacial score (nSPS) is 14.4. The lowest BCUT2D eigenvalue weighted by Crippen LogP contribution is -2.46. The predicted molar refractivity (Wildman–Crippen MR) is 168 cm³/mol. The summed E-state index contributed by atoms with van der Waals surface area (Å²) in [5.74, 6) is -0.173. The van der Waals surface area contributed by atoms with Crippen LogP contribution in [0.3, 0.4) is 0 Å². The fourth-order valence-electron chi connectivity index (χ4n) is 5.49. The quantitative estimate of drug-likeness (QED) is 0.203. The minimum Gasteiger partial charge on any atom is -0.481 e. The molecule has 4 heterocycles. The number of hydrogen-bond donors (Lipinski definition) is 3. The van der Waals surface area contributed by atoms with Crippen molar-refractivity contribution < 1.29 is 14.7 Å². The molecule has 0 aliphatic carbocycles. The summed E-state index contributed by atoms with van der Waals surface area (Å²) in [5, 5.41) is 16.2. The highest BCUT2D eigenvalue weighted by molar-refractivity contribution is 7.22. The van der Waals surface area contributed by atoms with Crippen LogP contribution in [-0.2, 0) is 11.2 Å². The highest BCUT2D eigenvalue weighted by Gasteiger charge is 2.42. The van der Waals surface area contributed by atoms with Crippen LogP contribution in [0.4, 0.5) is 15.9 Å². The van der Waals surface area contributed by atoms with Crippen molar-refractivity contribution in [3.63, 3.8) is 0 Å². The number of hydrogen-bond acceptors (Lipinski definition) is 8. The number of aliphatic carboxylic acids is 1. The molecule has 1 saturated heterocycles. The first-order chi connectivity index (χ1) is 20.9. The van der Waals surface area contributed by atoms with E-state index in [1.165, 1.54) is 11.3 Å². The van der Waals surface area contributed by atoms with E-state index in [9.17, 15) is 14.7 Å². The van der Waals surface area contributed by atoms with Crippen molar-refractivity contribution in [2.45, 2.75) is 26.2 Å². The number of benzene rings is 2. The maximum atomic E-state index is 12.3. The largest absolute Gasteiger partial charge is 0.481 e. The molecule has 1 aliphatic heterocycles. The van der Waals surface area contributed by atoms with Crippen molar-refractivity contribution in [1.29, 1.82) is 0 Å². The van der Waals surface area contributed by atoms with Gasteiger partial charge in [0.15, 0.2) is 5.13 Å². The molecular formula is C32H31N7O3S. The van der Waals surface area contributed by atoms with E-state index in [0.717, 1.165) is 38.2 Å². The Labute approximate surface area is 252 Å². The van der Waals surface area contributed by atoms with Gasteiger partial charge in [0.25, 0.3) is 0 Å². The molecule has 2 aromatic carbocycles. The van der Waals surface area contributed by atoms with E-state index in [-0.39, 0.29) is 6.03 Å². The Kier molecular flexibility index (Phi) is 7.97. The smallest absolute Gasteiger partial charge is 0.321 e. The summed E-state index contributed by atoms with van der Waals surface area (Å²) in [4.78, 5) is 45.1. The Bertz CT molecular complexity index is 1740. The molecule has 10 nitrogen and oxygen atoms in total. The number of thiazole rings is 1. The number of nitrogens with zero attached hydrogens (tertiary/aromatic N) is 5. The zero-order valence-electron chi connectivity index (χ0n) is 23.7. The molecule has 3 N–H and O–H groups in total. The Morgan fingerprint density at radius 3 is 2.40 bits per heavy atom. The van der Waals surface area contributed by atoms with Gasteiger partial charge in [-0.15, -0.1) is 0 Å². The number of amides is 2. The average molecular weight is 594 g/mol. The van der Waals surface area contributed by atoms with Crippen molar-refractivity contribution in [1.82, 2.24) is 25.3 Å². The number of nitrogens with one attached hydrogen (secondary N) is 2. The fraction of sp³-hybridized carbons (Fsp3) is 0.250. The van der Waals surface area contributed by atoms with Gasteiger partial charge in [0.1, 0.15) is 0 Å². The van der Waals surface area contributed by atoms with E-state index in [1.807, 2.05) is 67.6 Å². The van der Waals surface area contributed by atoms with Gasteiger partial charge in [0.2, 0.25) is 5.95 Å². The molecular weight excluding hydrogens is 562 g/mol. The first-order valence-electron chi connectivity index (χ1n) is 14.2. The number of piperidine rings is 1. The molecule has 1 fully saturated rings. The van der Waals surface area contributed by atoms with Crippen LogP contribution in [0.1, 0.15) is 25.3 Å². The highest BCUT2D eigenvalue weighted by Crippen LogP contribution is 2.39. The number of carbonyl (C=O) groups is 2. The van der Waals surface area contributed by atoms with Gasteiger partial charge in [-0.05, 0) is 61.6 Å². The number of carbonyl (C=O) groups excluding carboxylic acids is 1. The van der Waals surface area contributed by atoms with Gasteiger partial charge in [0.05, 0.1) is 21.3 Å². The van der Waals surface area contributed by atoms with Crippen LogP contribution in [0, 0.1) is 5.41 Å². The maximum Gasteiger partial charge on any atom is 0.321 e. The summed E-state index contributed by atoms with van der Waals surface area (Å²) >= 11 is 1.40. The lowest BCUT2D eigenvalue weighted by Gasteiger charge is -2.39. The summed E-state index contributed by atoms with van der Waals surface area (Å²) < 4.78 is 0.914. The summed E-state index contributed by atoms with van der Waals surface area (Å²) in [6.45, 7) is 3.50. The highest BCUT2D eigenvalue weighted by atomic mass is 32.1.